The normalized spacial score (nSPS) is 11.5. The Balaban J connectivity index is 1.54. The van der Waals surface area contributed by atoms with Crippen molar-refractivity contribution in [3.8, 4) is 0 Å². The van der Waals surface area contributed by atoms with E-state index in [9.17, 15) is 14.7 Å². The number of amides is 2. The van der Waals surface area contributed by atoms with Gasteiger partial charge in [0.1, 0.15) is 0 Å². The molecule has 0 fully saturated rings. The first-order valence-electron chi connectivity index (χ1n) is 13.3. The van der Waals surface area contributed by atoms with E-state index in [1.807, 2.05) is 117 Å². The monoisotopic (exact) mass is 553 g/mol. The third kappa shape index (κ3) is 7.67. The lowest BCUT2D eigenvalue weighted by Crippen LogP contribution is -2.36. The third-order valence-corrected chi connectivity index (χ3v) is 7.70. The molecule has 0 spiro atoms. The molecule has 4 rings (SSSR count). The van der Waals surface area contributed by atoms with Crippen LogP contribution in [0.5, 0.6) is 0 Å². The van der Waals surface area contributed by atoms with Gasteiger partial charge in [-0.05, 0) is 78.6 Å². The zero-order valence-corrected chi connectivity index (χ0v) is 23.9. The Morgan fingerprint density at radius 3 is 2.15 bits per heavy atom. The van der Waals surface area contributed by atoms with Gasteiger partial charge >= 0.3 is 12.0 Å². The molecule has 0 saturated carbocycles. The van der Waals surface area contributed by atoms with Crippen LogP contribution in [-0.4, -0.2) is 37.7 Å². The lowest BCUT2D eigenvalue weighted by Gasteiger charge is -2.24. The molecule has 0 radical (unpaired) electrons. The number of hydrogen-bond acceptors (Lipinski definition) is 4. The van der Waals surface area contributed by atoms with Gasteiger partial charge in [0.25, 0.3) is 0 Å². The molecule has 0 aliphatic carbocycles. The summed E-state index contributed by atoms with van der Waals surface area (Å²) >= 11 is 1.58. The Morgan fingerprint density at radius 1 is 0.825 bits per heavy atom. The molecule has 0 bridgehead atoms. The fourth-order valence-corrected chi connectivity index (χ4v) is 5.31. The van der Waals surface area contributed by atoms with Crippen molar-refractivity contribution in [1.82, 2.24) is 0 Å². The van der Waals surface area contributed by atoms with Crippen molar-refractivity contribution in [3.63, 3.8) is 0 Å². The number of urea groups is 1. The summed E-state index contributed by atoms with van der Waals surface area (Å²) in [6, 6.07) is 33.3. The summed E-state index contributed by atoms with van der Waals surface area (Å²) < 4.78 is 0. The minimum atomic E-state index is -0.807. The average Bonchev–Trinajstić information content (AvgIpc) is 2.95. The highest BCUT2D eigenvalue weighted by atomic mass is 32.2. The maximum atomic E-state index is 13.6. The van der Waals surface area contributed by atoms with Gasteiger partial charge in [0, 0.05) is 47.5 Å². The standard InChI is InChI=1S/C33H35N3O3S/c1-4-31(32(37)38)25-13-19-29(20-14-25)40-30-12-8-11-28(23-30)36(22-21-24-9-6-5-7-10-24)33(39)34-26-15-17-27(18-16-26)35(2)3/h5-20,23,31H,4,21-22H2,1-3H3,(H,34,39)(H,37,38). The zero-order valence-electron chi connectivity index (χ0n) is 23.1. The first kappa shape index (κ1) is 28.8. The van der Waals surface area contributed by atoms with Crippen LogP contribution in [0.1, 0.15) is 30.4 Å². The predicted molar refractivity (Wildman–Crippen MR) is 165 cm³/mol. The van der Waals surface area contributed by atoms with Crippen molar-refractivity contribution in [2.24, 2.45) is 0 Å². The number of nitrogens with one attached hydrogen (secondary N) is 1. The second kappa shape index (κ2) is 13.7. The summed E-state index contributed by atoms with van der Waals surface area (Å²) in [5.74, 6) is -1.31. The number of rotatable bonds is 11. The molecule has 40 heavy (non-hydrogen) atoms. The molecule has 7 heteroatoms. The second-order valence-corrected chi connectivity index (χ2v) is 10.9. The Morgan fingerprint density at radius 2 is 1.52 bits per heavy atom. The van der Waals surface area contributed by atoms with Gasteiger partial charge in [0.15, 0.2) is 0 Å². The van der Waals surface area contributed by atoms with Gasteiger partial charge in [-0.15, -0.1) is 0 Å². The van der Waals surface area contributed by atoms with Crippen molar-refractivity contribution in [2.45, 2.75) is 35.5 Å². The Kier molecular flexibility index (Phi) is 9.86. The smallest absolute Gasteiger partial charge is 0.326 e. The number of benzene rings is 4. The number of carbonyl (C=O) groups excluding carboxylic acids is 1. The minimum Gasteiger partial charge on any atom is -0.481 e. The molecule has 4 aromatic rings. The summed E-state index contributed by atoms with van der Waals surface area (Å²) in [7, 11) is 3.96. The van der Waals surface area contributed by atoms with Gasteiger partial charge in [0.2, 0.25) is 0 Å². The number of anilines is 3. The second-order valence-electron chi connectivity index (χ2n) is 9.73. The molecule has 2 N–H and O–H groups in total. The molecule has 1 unspecified atom stereocenters. The largest absolute Gasteiger partial charge is 0.481 e. The summed E-state index contributed by atoms with van der Waals surface area (Å²) in [5.41, 5.74) is 4.56. The quantitative estimate of drug-likeness (QED) is 0.199. The molecule has 0 heterocycles. The predicted octanol–water partition coefficient (Wildman–Crippen LogP) is 7.76. The highest BCUT2D eigenvalue weighted by Gasteiger charge is 2.19. The maximum Gasteiger partial charge on any atom is 0.326 e. The highest BCUT2D eigenvalue weighted by Crippen LogP contribution is 2.32. The van der Waals surface area contributed by atoms with Crippen LogP contribution in [0.2, 0.25) is 0 Å². The number of hydrogen-bond donors (Lipinski definition) is 2. The lowest BCUT2D eigenvalue weighted by molar-refractivity contribution is -0.138. The number of carbonyl (C=O) groups is 2. The summed E-state index contributed by atoms with van der Waals surface area (Å²) in [5, 5.41) is 12.5. The van der Waals surface area contributed by atoms with E-state index in [1.165, 1.54) is 0 Å². The van der Waals surface area contributed by atoms with Crippen LogP contribution >= 0.6 is 11.8 Å². The van der Waals surface area contributed by atoms with Crippen LogP contribution in [-0.2, 0) is 11.2 Å². The van der Waals surface area contributed by atoms with Crippen molar-refractivity contribution in [3.05, 3.63) is 114 Å². The van der Waals surface area contributed by atoms with E-state index in [0.717, 1.165) is 44.4 Å². The number of nitrogens with zero attached hydrogens (tertiary/aromatic N) is 2. The molecule has 206 valence electrons. The van der Waals surface area contributed by atoms with Crippen LogP contribution in [0.3, 0.4) is 0 Å². The van der Waals surface area contributed by atoms with E-state index < -0.39 is 11.9 Å². The Hall–Kier alpha value is -4.23. The third-order valence-electron chi connectivity index (χ3n) is 6.70. The number of carboxylic acids is 1. The molecule has 6 nitrogen and oxygen atoms in total. The number of carboxylic acid groups (broad SMARTS) is 1. The topological polar surface area (TPSA) is 72.9 Å². The fourth-order valence-electron chi connectivity index (χ4n) is 4.44. The Bertz CT molecular complexity index is 1410. The molecule has 1 atom stereocenters. The van der Waals surface area contributed by atoms with Gasteiger partial charge in [0.05, 0.1) is 5.92 Å². The minimum absolute atomic E-state index is 0.195. The maximum absolute atomic E-state index is 13.6. The van der Waals surface area contributed by atoms with E-state index >= 15 is 0 Å². The summed E-state index contributed by atoms with van der Waals surface area (Å²) in [4.78, 5) is 30.9. The molecule has 0 aliphatic rings. The number of aliphatic carboxylic acids is 1. The van der Waals surface area contributed by atoms with Crippen molar-refractivity contribution < 1.29 is 14.7 Å². The van der Waals surface area contributed by atoms with Crippen LogP contribution in [0.15, 0.2) is 113 Å². The van der Waals surface area contributed by atoms with E-state index in [4.69, 9.17) is 0 Å². The van der Waals surface area contributed by atoms with Crippen molar-refractivity contribution in [1.29, 1.82) is 0 Å². The van der Waals surface area contributed by atoms with Crippen molar-refractivity contribution in [2.75, 3.05) is 35.8 Å². The average molecular weight is 554 g/mol. The van der Waals surface area contributed by atoms with Crippen LogP contribution in [0, 0.1) is 0 Å². The van der Waals surface area contributed by atoms with E-state index in [1.54, 1.807) is 16.7 Å². The van der Waals surface area contributed by atoms with Gasteiger partial charge in [-0.3, -0.25) is 9.69 Å². The Labute approximate surface area is 240 Å². The van der Waals surface area contributed by atoms with Crippen LogP contribution in [0.4, 0.5) is 21.9 Å². The zero-order chi connectivity index (χ0) is 28.5. The van der Waals surface area contributed by atoms with E-state index in [0.29, 0.717) is 13.0 Å². The first-order chi connectivity index (χ1) is 19.3. The van der Waals surface area contributed by atoms with Gasteiger partial charge in [-0.1, -0.05) is 67.2 Å². The molecule has 0 saturated heterocycles. The fraction of sp³-hybridized carbons (Fsp3) is 0.212. The molecule has 2 amide bonds. The van der Waals surface area contributed by atoms with Gasteiger partial charge in [-0.2, -0.15) is 0 Å². The molecular formula is C33H35N3O3S. The van der Waals surface area contributed by atoms with E-state index in [-0.39, 0.29) is 6.03 Å². The van der Waals surface area contributed by atoms with Crippen LogP contribution < -0.4 is 15.1 Å². The van der Waals surface area contributed by atoms with Gasteiger partial charge in [-0.25, -0.2) is 4.79 Å². The molecular weight excluding hydrogens is 518 g/mol. The summed E-state index contributed by atoms with van der Waals surface area (Å²) in [6.07, 6.45) is 1.26. The lowest BCUT2D eigenvalue weighted by atomic mass is 9.97. The van der Waals surface area contributed by atoms with E-state index in [2.05, 4.69) is 17.4 Å². The summed E-state index contributed by atoms with van der Waals surface area (Å²) in [6.45, 7) is 2.40. The highest BCUT2D eigenvalue weighted by molar-refractivity contribution is 7.99. The van der Waals surface area contributed by atoms with Gasteiger partial charge < -0.3 is 15.3 Å². The SMILES string of the molecule is CCC(C(=O)O)c1ccc(Sc2cccc(N(CCc3ccccc3)C(=O)Nc3ccc(N(C)C)cc3)c2)cc1. The molecule has 0 aromatic heterocycles. The molecule has 4 aromatic carbocycles. The first-order valence-corrected chi connectivity index (χ1v) is 14.2. The van der Waals surface area contributed by atoms with Crippen LogP contribution in [0.25, 0.3) is 0 Å². The molecule has 0 aliphatic heterocycles. The van der Waals surface area contributed by atoms with Crippen molar-refractivity contribution >= 4 is 40.8 Å².